The standard InChI is InChI=1S/C33H33FN2O3/c1-5-6-11-23(4)35-33(38)30-29(24-12-8-7-9-13-24)32(25-16-18-26(34)19-17-25)36(31(30)22(2)3)21-20-27-14-10-15-28(37)39-27/h5-13,15-19,22,27H,1,4,14,20-21H2,2-3H3,(H,35,38)/b11-6-/t27-/m0/s1. The molecule has 1 N–H and O–H groups in total. The van der Waals surface area contributed by atoms with Gasteiger partial charge in [-0.1, -0.05) is 75.6 Å². The molecular weight excluding hydrogens is 491 g/mol. The Hall–Kier alpha value is -4.45. The van der Waals surface area contributed by atoms with E-state index in [1.165, 1.54) is 18.2 Å². The Morgan fingerprint density at radius 1 is 1.15 bits per heavy atom. The summed E-state index contributed by atoms with van der Waals surface area (Å²) in [4.78, 5) is 25.8. The Morgan fingerprint density at radius 2 is 1.87 bits per heavy atom. The van der Waals surface area contributed by atoms with Gasteiger partial charge in [0.15, 0.2) is 0 Å². The molecule has 4 rings (SSSR count). The summed E-state index contributed by atoms with van der Waals surface area (Å²) in [5, 5.41) is 2.93. The number of hydrogen-bond donors (Lipinski definition) is 1. The molecule has 0 radical (unpaired) electrons. The van der Waals surface area contributed by atoms with Crippen LogP contribution < -0.4 is 5.32 Å². The summed E-state index contributed by atoms with van der Waals surface area (Å²) in [6, 6.07) is 16.0. The lowest BCUT2D eigenvalue weighted by Crippen LogP contribution is -2.24. The molecule has 0 fully saturated rings. The highest BCUT2D eigenvalue weighted by molar-refractivity contribution is 6.07. The van der Waals surface area contributed by atoms with Gasteiger partial charge in [-0.25, -0.2) is 9.18 Å². The molecule has 0 spiro atoms. The number of esters is 1. The van der Waals surface area contributed by atoms with Crippen molar-refractivity contribution < 1.29 is 18.7 Å². The zero-order chi connectivity index (χ0) is 27.9. The highest BCUT2D eigenvalue weighted by Crippen LogP contribution is 2.42. The van der Waals surface area contributed by atoms with Crippen LogP contribution in [-0.2, 0) is 16.1 Å². The maximum atomic E-state index is 14.0. The van der Waals surface area contributed by atoms with E-state index in [1.807, 2.05) is 50.3 Å². The summed E-state index contributed by atoms with van der Waals surface area (Å²) < 4.78 is 21.7. The van der Waals surface area contributed by atoms with Crippen LogP contribution in [0.25, 0.3) is 22.4 Å². The minimum atomic E-state index is -0.349. The molecule has 1 aliphatic heterocycles. The number of allylic oxidation sites excluding steroid dienone is 3. The van der Waals surface area contributed by atoms with Gasteiger partial charge in [0.2, 0.25) is 0 Å². The number of halogens is 1. The first kappa shape index (κ1) is 27.6. The van der Waals surface area contributed by atoms with Gasteiger partial charge in [-0.3, -0.25) is 4.79 Å². The van der Waals surface area contributed by atoms with Crippen LogP contribution in [0.3, 0.4) is 0 Å². The number of rotatable bonds is 10. The topological polar surface area (TPSA) is 60.3 Å². The van der Waals surface area contributed by atoms with E-state index in [0.717, 1.165) is 28.1 Å². The third-order valence-corrected chi connectivity index (χ3v) is 6.58. The van der Waals surface area contributed by atoms with E-state index < -0.39 is 0 Å². The molecule has 200 valence electrons. The van der Waals surface area contributed by atoms with Gasteiger partial charge in [-0.15, -0.1) is 0 Å². The summed E-state index contributed by atoms with van der Waals surface area (Å²) in [6.07, 6.45) is 9.19. The van der Waals surface area contributed by atoms with Crippen molar-refractivity contribution in [2.75, 3.05) is 0 Å². The van der Waals surface area contributed by atoms with Crippen molar-refractivity contribution in [2.45, 2.75) is 45.3 Å². The van der Waals surface area contributed by atoms with E-state index >= 15 is 0 Å². The maximum absolute atomic E-state index is 14.0. The summed E-state index contributed by atoms with van der Waals surface area (Å²) >= 11 is 0. The molecule has 0 bridgehead atoms. The smallest absolute Gasteiger partial charge is 0.330 e. The Bertz CT molecular complexity index is 1430. The van der Waals surface area contributed by atoms with Gasteiger partial charge < -0.3 is 14.6 Å². The van der Waals surface area contributed by atoms with Crippen molar-refractivity contribution in [1.29, 1.82) is 0 Å². The first-order valence-electron chi connectivity index (χ1n) is 13.0. The van der Waals surface area contributed by atoms with Crippen LogP contribution in [0.5, 0.6) is 0 Å². The number of hydrogen-bond acceptors (Lipinski definition) is 3. The lowest BCUT2D eigenvalue weighted by molar-refractivity contribution is -0.144. The van der Waals surface area contributed by atoms with Gasteiger partial charge in [0.1, 0.15) is 11.9 Å². The fourth-order valence-electron chi connectivity index (χ4n) is 4.94. The van der Waals surface area contributed by atoms with Gasteiger partial charge in [-0.2, -0.15) is 0 Å². The Kier molecular flexibility index (Phi) is 8.77. The number of aromatic nitrogens is 1. The number of cyclic esters (lactones) is 1. The van der Waals surface area contributed by atoms with Gasteiger partial charge in [0, 0.05) is 42.4 Å². The van der Waals surface area contributed by atoms with E-state index in [4.69, 9.17) is 4.74 Å². The molecule has 0 saturated heterocycles. The molecule has 0 saturated carbocycles. The number of amides is 1. The summed E-state index contributed by atoms with van der Waals surface area (Å²) in [7, 11) is 0. The van der Waals surface area contributed by atoms with Gasteiger partial charge >= 0.3 is 5.97 Å². The molecule has 1 amide bonds. The first-order valence-corrected chi connectivity index (χ1v) is 13.0. The summed E-state index contributed by atoms with van der Waals surface area (Å²) in [6.45, 7) is 12.2. The number of nitrogens with one attached hydrogen (secondary N) is 1. The Morgan fingerprint density at radius 3 is 2.51 bits per heavy atom. The Balaban J connectivity index is 1.95. The van der Waals surface area contributed by atoms with Crippen LogP contribution in [-0.4, -0.2) is 22.5 Å². The number of carbonyl (C=O) groups excluding carboxylic acids is 2. The molecular formula is C33H33FN2O3. The summed E-state index contributed by atoms with van der Waals surface area (Å²) in [5.74, 6) is -1.01. The van der Waals surface area contributed by atoms with Crippen LogP contribution >= 0.6 is 0 Å². The first-order chi connectivity index (χ1) is 18.8. The predicted octanol–water partition coefficient (Wildman–Crippen LogP) is 7.33. The van der Waals surface area contributed by atoms with Crippen molar-refractivity contribution in [3.63, 3.8) is 0 Å². The molecule has 2 heterocycles. The molecule has 5 nitrogen and oxygen atoms in total. The molecule has 39 heavy (non-hydrogen) atoms. The third kappa shape index (κ3) is 6.34. The second-order valence-corrected chi connectivity index (χ2v) is 9.72. The minimum absolute atomic E-state index is 0.0341. The van der Waals surface area contributed by atoms with Crippen LogP contribution in [0, 0.1) is 5.82 Å². The van der Waals surface area contributed by atoms with E-state index in [2.05, 4.69) is 23.0 Å². The summed E-state index contributed by atoms with van der Waals surface area (Å²) in [5.41, 5.74) is 5.01. The van der Waals surface area contributed by atoms with E-state index in [1.54, 1.807) is 30.4 Å². The molecule has 0 unspecified atom stereocenters. The van der Waals surface area contributed by atoms with E-state index in [-0.39, 0.29) is 29.7 Å². The largest absolute Gasteiger partial charge is 0.459 e. The number of nitrogens with zero attached hydrogens (tertiary/aromatic N) is 1. The maximum Gasteiger partial charge on any atom is 0.330 e. The van der Waals surface area contributed by atoms with Crippen molar-refractivity contribution >= 4 is 11.9 Å². The quantitative estimate of drug-likeness (QED) is 0.223. The zero-order valence-corrected chi connectivity index (χ0v) is 22.3. The van der Waals surface area contributed by atoms with Crippen molar-refractivity contribution in [3.8, 4) is 22.4 Å². The molecule has 1 atom stereocenters. The van der Waals surface area contributed by atoms with Gasteiger partial charge in [0.25, 0.3) is 5.91 Å². The van der Waals surface area contributed by atoms with E-state index in [0.29, 0.717) is 30.6 Å². The third-order valence-electron chi connectivity index (χ3n) is 6.58. The molecule has 1 aromatic heterocycles. The number of carbonyl (C=O) groups is 2. The molecule has 0 aliphatic carbocycles. The van der Waals surface area contributed by atoms with Gasteiger partial charge in [0.05, 0.1) is 11.3 Å². The van der Waals surface area contributed by atoms with Crippen molar-refractivity contribution in [3.05, 3.63) is 121 Å². The van der Waals surface area contributed by atoms with Crippen LogP contribution in [0.1, 0.15) is 48.7 Å². The fraction of sp³-hybridized carbons (Fsp3) is 0.212. The normalized spacial score (nSPS) is 15.0. The average Bonchev–Trinajstić information content (AvgIpc) is 3.27. The fourth-order valence-corrected chi connectivity index (χ4v) is 4.94. The highest BCUT2D eigenvalue weighted by atomic mass is 19.1. The van der Waals surface area contributed by atoms with Crippen molar-refractivity contribution in [2.24, 2.45) is 0 Å². The second-order valence-electron chi connectivity index (χ2n) is 9.72. The SMILES string of the molecule is C=C/C=C\C(=C)NC(=O)c1c(-c2ccccc2)c(-c2ccc(F)cc2)n(CC[C@@H]2CC=CC(=O)O2)c1C(C)C. The molecule has 6 heteroatoms. The van der Waals surface area contributed by atoms with E-state index in [9.17, 15) is 14.0 Å². The highest BCUT2D eigenvalue weighted by Gasteiger charge is 2.31. The molecule has 3 aromatic rings. The molecule has 1 aliphatic rings. The number of ether oxygens (including phenoxy) is 1. The van der Waals surface area contributed by atoms with Crippen LogP contribution in [0.15, 0.2) is 104 Å². The monoisotopic (exact) mass is 524 g/mol. The average molecular weight is 525 g/mol. The van der Waals surface area contributed by atoms with Gasteiger partial charge in [-0.05, 0) is 47.4 Å². The minimum Gasteiger partial charge on any atom is -0.459 e. The van der Waals surface area contributed by atoms with Crippen molar-refractivity contribution in [1.82, 2.24) is 9.88 Å². The lowest BCUT2D eigenvalue weighted by atomic mass is 9.94. The molecule has 2 aromatic carbocycles. The second kappa shape index (κ2) is 12.4. The lowest BCUT2D eigenvalue weighted by Gasteiger charge is -2.22. The number of benzene rings is 2. The van der Waals surface area contributed by atoms with Crippen LogP contribution in [0.4, 0.5) is 4.39 Å². The predicted molar refractivity (Wildman–Crippen MR) is 154 cm³/mol. The van der Waals surface area contributed by atoms with Crippen LogP contribution in [0.2, 0.25) is 0 Å². The Labute approximate surface area is 229 Å². The zero-order valence-electron chi connectivity index (χ0n) is 22.3.